The van der Waals surface area contributed by atoms with Gasteiger partial charge in [-0.2, -0.15) is 0 Å². The Morgan fingerprint density at radius 3 is 2.53 bits per heavy atom. The zero-order valence-corrected chi connectivity index (χ0v) is 21.3. The molecule has 4 rings (SSSR count). The topological polar surface area (TPSA) is 89.9 Å². The van der Waals surface area contributed by atoms with E-state index in [9.17, 15) is 19.5 Å². The molecule has 0 saturated heterocycles. The van der Waals surface area contributed by atoms with Crippen LogP contribution in [0.4, 0.5) is 9.18 Å². The van der Waals surface area contributed by atoms with Crippen molar-refractivity contribution >= 4 is 49.9 Å². The molecule has 3 saturated carbocycles. The molecule has 4 aliphatic rings. The maximum absolute atomic E-state index is 15.5. The molecule has 0 aliphatic heterocycles. The van der Waals surface area contributed by atoms with Crippen LogP contribution in [0.5, 0.6) is 0 Å². The highest BCUT2D eigenvalue weighted by molar-refractivity contribution is 14.1. The summed E-state index contributed by atoms with van der Waals surface area (Å²) in [6.45, 7) is 5.37. The molecular weight excluding hydrogens is 554 g/mol. The van der Waals surface area contributed by atoms with Crippen LogP contribution in [0, 0.1) is 28.6 Å². The number of esters is 1. The number of hydrogen-bond donors (Lipinski definition) is 1. The molecule has 0 bridgehead atoms. The van der Waals surface area contributed by atoms with Gasteiger partial charge in [0, 0.05) is 16.7 Å². The van der Waals surface area contributed by atoms with E-state index in [1.165, 1.54) is 41.9 Å². The fourth-order valence-corrected chi connectivity index (χ4v) is 8.33. The normalized spacial score (nSPS) is 49.4. The van der Waals surface area contributed by atoms with Gasteiger partial charge in [0.15, 0.2) is 5.78 Å². The molecule has 0 aromatic rings. The molecule has 9 atom stereocenters. The van der Waals surface area contributed by atoms with Gasteiger partial charge in [0.2, 0.25) is 5.60 Å². The Morgan fingerprint density at radius 2 is 1.94 bits per heavy atom. The van der Waals surface area contributed by atoms with Crippen molar-refractivity contribution in [2.45, 2.75) is 62.8 Å². The van der Waals surface area contributed by atoms with Crippen LogP contribution < -0.4 is 0 Å². The van der Waals surface area contributed by atoms with Gasteiger partial charge >= 0.3 is 9.95 Å². The van der Waals surface area contributed by atoms with Gasteiger partial charge in [0.25, 0.3) is 0 Å². The average molecular weight is 581 g/mol. The van der Waals surface area contributed by atoms with E-state index in [2.05, 4.69) is 0 Å². The lowest BCUT2D eigenvalue weighted by atomic mass is 9.45. The first-order chi connectivity index (χ1) is 14.8. The third-order valence-corrected chi connectivity index (χ3v) is 10.0. The Labute approximate surface area is 205 Å². The minimum atomic E-state index is -1.62. The maximum atomic E-state index is 15.5. The Bertz CT molecular complexity index is 953. The van der Waals surface area contributed by atoms with E-state index in [1.54, 1.807) is 19.9 Å². The van der Waals surface area contributed by atoms with Crippen molar-refractivity contribution in [1.29, 1.82) is 0 Å². The number of halogens is 3. The van der Waals surface area contributed by atoms with Crippen LogP contribution in [-0.2, 0) is 19.1 Å². The van der Waals surface area contributed by atoms with Crippen LogP contribution in [0.15, 0.2) is 23.8 Å². The minimum absolute atomic E-state index is 0.00547. The molecule has 0 heterocycles. The zero-order valence-electron chi connectivity index (χ0n) is 18.4. The highest BCUT2D eigenvalue weighted by Gasteiger charge is 2.77. The molecule has 32 heavy (non-hydrogen) atoms. The number of methoxy groups -OCH3 is 1. The quantitative estimate of drug-likeness (QED) is 0.227. The summed E-state index contributed by atoms with van der Waals surface area (Å²) in [5.74, 6) is -2.27. The molecular formula is C23H27ClFIO6. The second-order valence-electron chi connectivity index (χ2n) is 10.1. The third kappa shape index (κ3) is 2.75. The second kappa shape index (κ2) is 7.50. The van der Waals surface area contributed by atoms with Gasteiger partial charge in [0.1, 0.15) is 6.17 Å². The third-order valence-electron chi connectivity index (χ3n) is 8.90. The van der Waals surface area contributed by atoms with E-state index >= 15 is 4.39 Å². The highest BCUT2D eigenvalue weighted by Crippen LogP contribution is 2.72. The monoisotopic (exact) mass is 580 g/mol. The lowest BCUT2D eigenvalue weighted by Gasteiger charge is -2.64. The smallest absolute Gasteiger partial charge is 0.368 e. The molecule has 6 nitrogen and oxygen atoms in total. The van der Waals surface area contributed by atoms with Gasteiger partial charge in [0.05, 0.1) is 40.7 Å². The van der Waals surface area contributed by atoms with Crippen molar-refractivity contribution in [2.75, 3.05) is 7.11 Å². The van der Waals surface area contributed by atoms with Gasteiger partial charge < -0.3 is 14.6 Å². The number of carbonyl (C=O) groups is 3. The van der Waals surface area contributed by atoms with E-state index in [0.717, 1.165) is 0 Å². The Morgan fingerprint density at radius 1 is 1.28 bits per heavy atom. The second-order valence-corrected chi connectivity index (χ2v) is 11.6. The summed E-state index contributed by atoms with van der Waals surface area (Å²) in [5.41, 5.74) is -3.44. The molecule has 0 radical (unpaired) electrons. The molecule has 1 N–H and O–H groups in total. The Kier molecular flexibility index (Phi) is 5.66. The van der Waals surface area contributed by atoms with Crippen molar-refractivity contribution < 1.29 is 33.4 Å². The summed E-state index contributed by atoms with van der Waals surface area (Å²) >= 11 is 8.78. The number of ketones is 1. The van der Waals surface area contributed by atoms with Crippen molar-refractivity contribution in [3.63, 3.8) is 0 Å². The van der Waals surface area contributed by atoms with E-state index in [4.69, 9.17) is 21.1 Å². The van der Waals surface area contributed by atoms with Gasteiger partial charge in [-0.15, -0.1) is 11.6 Å². The fourth-order valence-electron chi connectivity index (χ4n) is 7.50. The number of allylic oxidation sites excluding steroid dienone is 4. The van der Waals surface area contributed by atoms with Crippen LogP contribution in [0.2, 0.25) is 0 Å². The molecule has 0 aromatic heterocycles. The molecule has 3 fully saturated rings. The first-order valence-corrected chi connectivity index (χ1v) is 12.2. The van der Waals surface area contributed by atoms with Gasteiger partial charge in [-0.3, -0.25) is 4.79 Å². The van der Waals surface area contributed by atoms with Crippen molar-refractivity contribution in [2.24, 2.45) is 28.6 Å². The maximum Gasteiger partial charge on any atom is 0.368 e. The molecule has 9 heteroatoms. The van der Waals surface area contributed by atoms with E-state index < -0.39 is 55.4 Å². The van der Waals surface area contributed by atoms with E-state index in [1.807, 2.05) is 6.92 Å². The number of fused-ring (bicyclic) bond motifs is 5. The molecule has 4 aliphatic carbocycles. The molecule has 0 spiro atoms. The minimum Gasteiger partial charge on any atom is -0.466 e. The average Bonchev–Trinajstić information content (AvgIpc) is 2.92. The summed E-state index contributed by atoms with van der Waals surface area (Å²) in [6.07, 6.45) is 2.21. The van der Waals surface area contributed by atoms with E-state index in [0.29, 0.717) is 6.42 Å². The zero-order chi connectivity index (χ0) is 23.9. The van der Waals surface area contributed by atoms with Gasteiger partial charge in [-0.05, 0) is 48.8 Å². The van der Waals surface area contributed by atoms with Crippen molar-refractivity contribution in [3.05, 3.63) is 23.8 Å². The Hall–Kier alpha value is -1.00. The lowest BCUT2D eigenvalue weighted by molar-refractivity contribution is -0.195. The highest BCUT2D eigenvalue weighted by atomic mass is 127. The summed E-state index contributed by atoms with van der Waals surface area (Å²) in [6, 6.07) is 0. The van der Waals surface area contributed by atoms with Crippen molar-refractivity contribution in [3.8, 4) is 0 Å². The summed E-state index contributed by atoms with van der Waals surface area (Å²) in [4.78, 5) is 35.9. The van der Waals surface area contributed by atoms with Gasteiger partial charge in [-0.25, -0.2) is 14.0 Å². The van der Waals surface area contributed by atoms with Crippen LogP contribution in [0.25, 0.3) is 0 Å². The summed E-state index contributed by atoms with van der Waals surface area (Å²) in [5, 5.41) is 11.5. The van der Waals surface area contributed by atoms with Crippen LogP contribution in [0.1, 0.15) is 40.0 Å². The predicted octanol–water partition coefficient (Wildman–Crippen LogP) is 4.30. The predicted molar refractivity (Wildman–Crippen MR) is 123 cm³/mol. The first kappa shape index (κ1) is 24.1. The Balaban J connectivity index is 1.89. The first-order valence-electron chi connectivity index (χ1n) is 10.7. The van der Waals surface area contributed by atoms with Crippen LogP contribution in [0.3, 0.4) is 0 Å². The number of rotatable bonds is 2. The summed E-state index contributed by atoms with van der Waals surface area (Å²) < 4.78 is 25.7. The molecule has 176 valence electrons. The molecule has 0 aromatic carbocycles. The number of aliphatic hydroxyl groups is 1. The van der Waals surface area contributed by atoms with E-state index in [-0.39, 0.29) is 30.1 Å². The SMILES string of the molecule is COC(=O)[C@@]1(OC(=O)I)C(C)CC2C3C[C@H](F)C4=CC(=O)C=CC4(C)[C@@]3(Cl)C(O)CC21C. The van der Waals surface area contributed by atoms with Crippen molar-refractivity contribution in [1.82, 2.24) is 0 Å². The number of aliphatic hydroxyl groups excluding tert-OH is 1. The van der Waals surface area contributed by atoms with Crippen LogP contribution in [-0.4, -0.2) is 50.7 Å². The summed E-state index contributed by atoms with van der Waals surface area (Å²) in [7, 11) is 1.24. The van der Waals surface area contributed by atoms with Crippen LogP contribution >= 0.6 is 34.2 Å². The molecule has 0 amide bonds. The number of ether oxygens (including phenoxy) is 2. The lowest BCUT2D eigenvalue weighted by Crippen LogP contribution is -2.70. The largest absolute Gasteiger partial charge is 0.466 e. The number of carbonyl (C=O) groups excluding carboxylic acids is 3. The number of hydrogen-bond acceptors (Lipinski definition) is 6. The molecule has 6 unspecified atom stereocenters. The standard InChI is InChI=1S/C23H27ClFIO6/c1-11-7-13-14-9-16(25)15-8-12(27)5-6-20(15,2)22(14,24)17(28)10-21(13,3)23(11,18(29)31-4)32-19(26)30/h5-6,8,11,13-14,16-17,28H,7,9-10H2,1-4H3/t11?,13?,14?,16-,17?,20?,21?,22-,23-/m0/s1. The van der Waals surface area contributed by atoms with Gasteiger partial charge in [-0.1, -0.05) is 26.8 Å². The fraction of sp³-hybridized carbons (Fsp3) is 0.696. The number of alkyl halides is 2.